The van der Waals surface area contributed by atoms with E-state index in [0.29, 0.717) is 23.8 Å². The number of aromatic nitrogens is 4. The minimum absolute atomic E-state index is 0.288. The van der Waals surface area contributed by atoms with Gasteiger partial charge in [-0.1, -0.05) is 0 Å². The summed E-state index contributed by atoms with van der Waals surface area (Å²) in [4.78, 5) is 23.3. The molecular formula is C21H27N7O. The molecule has 2 saturated carbocycles. The molecular weight excluding hydrogens is 366 g/mol. The molecule has 2 aliphatic carbocycles. The second-order valence-electron chi connectivity index (χ2n) is 9.06. The van der Waals surface area contributed by atoms with Crippen molar-refractivity contribution in [2.24, 2.45) is 17.8 Å². The highest BCUT2D eigenvalue weighted by Crippen LogP contribution is 2.58. The van der Waals surface area contributed by atoms with Gasteiger partial charge in [-0.15, -0.1) is 0 Å². The lowest BCUT2D eigenvalue weighted by atomic mass is 9.86. The number of nitrogens with two attached hydrogens (primary N) is 1. The lowest BCUT2D eigenvalue weighted by molar-refractivity contribution is 0.153. The average molecular weight is 393 g/mol. The molecule has 2 N–H and O–H groups in total. The Kier molecular flexibility index (Phi) is 3.99. The van der Waals surface area contributed by atoms with Gasteiger partial charge in [-0.3, -0.25) is 0 Å². The molecule has 0 amide bonds. The van der Waals surface area contributed by atoms with Gasteiger partial charge < -0.3 is 20.3 Å². The van der Waals surface area contributed by atoms with Crippen LogP contribution in [0.3, 0.4) is 0 Å². The van der Waals surface area contributed by atoms with E-state index in [1.54, 1.807) is 19.5 Å². The van der Waals surface area contributed by atoms with Crippen molar-refractivity contribution in [3.05, 3.63) is 24.2 Å². The van der Waals surface area contributed by atoms with E-state index in [0.717, 1.165) is 55.9 Å². The Morgan fingerprint density at radius 1 is 1.10 bits per heavy atom. The fourth-order valence-corrected chi connectivity index (χ4v) is 5.60. The Morgan fingerprint density at radius 3 is 2.52 bits per heavy atom. The van der Waals surface area contributed by atoms with Crippen molar-refractivity contribution in [2.45, 2.75) is 24.8 Å². The van der Waals surface area contributed by atoms with Crippen LogP contribution in [0.5, 0.6) is 0 Å². The largest absolute Gasteiger partial charge is 0.383 e. The van der Waals surface area contributed by atoms with Crippen LogP contribution in [0.4, 0.5) is 11.9 Å². The summed E-state index contributed by atoms with van der Waals surface area (Å²) in [5, 5.41) is 0. The first-order valence-electron chi connectivity index (χ1n) is 10.6. The SMILES string of the molecule is COCCN1C[C@@H]2[C@H](C1)[C@H]2c1cc(-c2cnc(N)nc2)nc(N2CC3CC2C3)n1. The second kappa shape index (κ2) is 6.60. The van der Waals surface area contributed by atoms with Crippen molar-refractivity contribution in [3.63, 3.8) is 0 Å². The van der Waals surface area contributed by atoms with E-state index in [1.165, 1.54) is 18.5 Å². The molecule has 5 aliphatic rings. The fourth-order valence-electron chi connectivity index (χ4n) is 5.60. The van der Waals surface area contributed by atoms with Crippen LogP contribution < -0.4 is 10.6 Å². The Bertz CT molecular complexity index is 902. The minimum atomic E-state index is 0.288. The highest BCUT2D eigenvalue weighted by Gasteiger charge is 2.57. The molecule has 8 heteroatoms. The molecule has 152 valence electrons. The maximum Gasteiger partial charge on any atom is 0.226 e. The van der Waals surface area contributed by atoms with Crippen LogP contribution in [0.2, 0.25) is 0 Å². The van der Waals surface area contributed by atoms with Crippen molar-refractivity contribution in [1.29, 1.82) is 0 Å². The molecule has 5 heterocycles. The molecule has 29 heavy (non-hydrogen) atoms. The topological polar surface area (TPSA) is 93.3 Å². The zero-order valence-electron chi connectivity index (χ0n) is 16.7. The number of nitrogens with zero attached hydrogens (tertiary/aromatic N) is 6. The Labute approximate surface area is 170 Å². The van der Waals surface area contributed by atoms with Crippen molar-refractivity contribution in [2.75, 3.05) is 50.5 Å². The lowest BCUT2D eigenvalue weighted by Crippen LogP contribution is -2.30. The van der Waals surface area contributed by atoms with E-state index in [9.17, 15) is 0 Å². The number of hydrogen-bond donors (Lipinski definition) is 1. The molecule has 2 aromatic rings. The maximum atomic E-state index is 5.68. The number of rotatable bonds is 6. The monoisotopic (exact) mass is 393 g/mol. The van der Waals surface area contributed by atoms with E-state index < -0.39 is 0 Å². The molecule has 5 fully saturated rings. The Morgan fingerprint density at radius 2 is 1.86 bits per heavy atom. The standard InChI is InChI=1S/C21H27N7O/c1-29-3-2-27-10-15-16(11-27)19(15)18-6-17(13-7-23-20(22)24-8-13)25-21(26-18)28-9-12-4-14(28)5-12/h6-8,12,14-16,19H,2-5,9-11H2,1H3,(H2,22,23,24)/t12?,14?,15-,16+,19+. The summed E-state index contributed by atoms with van der Waals surface area (Å²) in [5.41, 5.74) is 8.68. The molecule has 3 saturated heterocycles. The van der Waals surface area contributed by atoms with Gasteiger partial charge in [-0.05, 0) is 36.7 Å². The summed E-state index contributed by atoms with van der Waals surface area (Å²) < 4.78 is 5.24. The van der Waals surface area contributed by atoms with Gasteiger partial charge in [0.1, 0.15) is 0 Å². The smallest absolute Gasteiger partial charge is 0.226 e. The van der Waals surface area contributed by atoms with E-state index in [4.69, 9.17) is 20.4 Å². The van der Waals surface area contributed by atoms with Crippen molar-refractivity contribution in [1.82, 2.24) is 24.8 Å². The average Bonchev–Trinajstić information content (AvgIpc) is 3.12. The maximum absolute atomic E-state index is 5.68. The molecule has 0 radical (unpaired) electrons. The van der Waals surface area contributed by atoms with Crippen LogP contribution in [0.1, 0.15) is 24.5 Å². The van der Waals surface area contributed by atoms with Gasteiger partial charge in [0.25, 0.3) is 0 Å². The van der Waals surface area contributed by atoms with Gasteiger partial charge in [0.2, 0.25) is 11.9 Å². The van der Waals surface area contributed by atoms with Crippen LogP contribution in [-0.2, 0) is 4.74 Å². The van der Waals surface area contributed by atoms with Gasteiger partial charge in [-0.2, -0.15) is 0 Å². The molecule has 3 aliphatic heterocycles. The molecule has 2 bridgehead atoms. The van der Waals surface area contributed by atoms with Gasteiger partial charge in [0, 0.05) is 63.2 Å². The molecule has 3 atom stereocenters. The number of hydrogen-bond acceptors (Lipinski definition) is 8. The summed E-state index contributed by atoms with van der Waals surface area (Å²) in [7, 11) is 1.77. The quantitative estimate of drug-likeness (QED) is 0.787. The van der Waals surface area contributed by atoms with E-state index in [1.807, 2.05) is 0 Å². The van der Waals surface area contributed by atoms with Crippen LogP contribution in [0.15, 0.2) is 18.5 Å². The van der Waals surface area contributed by atoms with Gasteiger partial charge in [0.05, 0.1) is 18.0 Å². The summed E-state index contributed by atoms with van der Waals surface area (Å²) in [6.45, 7) is 5.21. The van der Waals surface area contributed by atoms with Gasteiger partial charge >= 0.3 is 0 Å². The summed E-state index contributed by atoms with van der Waals surface area (Å²) in [6, 6.07) is 2.77. The zero-order valence-corrected chi connectivity index (χ0v) is 16.7. The van der Waals surface area contributed by atoms with Crippen molar-refractivity contribution >= 4 is 11.9 Å². The third-order valence-corrected chi connectivity index (χ3v) is 7.29. The number of nitrogen functional groups attached to an aromatic ring is 1. The van der Waals surface area contributed by atoms with E-state index in [-0.39, 0.29) is 5.95 Å². The van der Waals surface area contributed by atoms with Crippen LogP contribution in [-0.4, -0.2) is 70.8 Å². The van der Waals surface area contributed by atoms with Crippen molar-refractivity contribution < 1.29 is 4.74 Å². The molecule has 0 unspecified atom stereocenters. The normalized spacial score (nSPS) is 32.3. The third kappa shape index (κ3) is 2.97. The Hall–Kier alpha value is -2.32. The number of piperidine rings is 1. The van der Waals surface area contributed by atoms with Gasteiger partial charge in [0.15, 0.2) is 0 Å². The van der Waals surface area contributed by atoms with Crippen LogP contribution in [0, 0.1) is 17.8 Å². The first kappa shape index (κ1) is 17.5. The predicted molar refractivity (Wildman–Crippen MR) is 109 cm³/mol. The highest BCUT2D eigenvalue weighted by molar-refractivity contribution is 5.60. The van der Waals surface area contributed by atoms with Crippen LogP contribution in [0.25, 0.3) is 11.3 Å². The van der Waals surface area contributed by atoms with Crippen molar-refractivity contribution in [3.8, 4) is 11.3 Å². The fraction of sp³-hybridized carbons (Fsp3) is 0.619. The third-order valence-electron chi connectivity index (χ3n) is 7.29. The highest BCUT2D eigenvalue weighted by atomic mass is 16.5. The second-order valence-corrected chi connectivity index (χ2v) is 9.06. The molecule has 2 aromatic heterocycles. The number of ether oxygens (including phenoxy) is 1. The summed E-state index contributed by atoms with van der Waals surface area (Å²) >= 11 is 0. The van der Waals surface area contributed by atoms with Gasteiger partial charge in [-0.25, -0.2) is 19.9 Å². The number of fused-ring (bicyclic) bond motifs is 2. The first-order valence-corrected chi connectivity index (χ1v) is 10.6. The molecule has 7 rings (SSSR count). The lowest BCUT2D eigenvalue weighted by Gasteiger charge is -2.26. The predicted octanol–water partition coefficient (Wildman–Crippen LogP) is 1.41. The summed E-state index contributed by atoms with van der Waals surface area (Å²) in [6.07, 6.45) is 6.11. The minimum Gasteiger partial charge on any atom is -0.383 e. The number of likely N-dealkylation sites (tertiary alicyclic amines) is 1. The van der Waals surface area contributed by atoms with E-state index >= 15 is 0 Å². The first-order chi connectivity index (χ1) is 14.2. The molecule has 8 nitrogen and oxygen atoms in total. The van der Waals surface area contributed by atoms with E-state index in [2.05, 4.69) is 25.8 Å². The van der Waals surface area contributed by atoms with Crippen LogP contribution >= 0.6 is 0 Å². The Balaban J connectivity index is 1.29. The molecule has 0 aromatic carbocycles. The summed E-state index contributed by atoms with van der Waals surface area (Å²) in [5.74, 6) is 3.96. The number of methoxy groups -OCH3 is 1. The number of anilines is 2. The zero-order chi connectivity index (χ0) is 19.5. The molecule has 0 spiro atoms.